The van der Waals surface area contributed by atoms with Gasteiger partial charge >= 0.3 is 0 Å². The van der Waals surface area contributed by atoms with E-state index in [4.69, 9.17) is 0 Å². The van der Waals surface area contributed by atoms with Gasteiger partial charge in [-0.25, -0.2) is 18.6 Å². The van der Waals surface area contributed by atoms with Crippen molar-refractivity contribution < 1.29 is 32.7 Å². The third-order valence-corrected chi connectivity index (χ3v) is 1.35. The Morgan fingerprint density at radius 1 is 1.40 bits per heavy atom. The van der Waals surface area contributed by atoms with Gasteiger partial charge in [0.15, 0.2) is 0 Å². The molecule has 0 amide bonds. The molecule has 0 saturated carbocycles. The van der Waals surface area contributed by atoms with Gasteiger partial charge in [-0.3, -0.25) is 0 Å². The van der Waals surface area contributed by atoms with Crippen molar-refractivity contribution in [1.29, 1.82) is 0 Å². The molecule has 0 saturated heterocycles. The molecule has 0 heterocycles. The molecule has 0 fully saturated rings. The molecule has 0 bridgehead atoms. The second kappa shape index (κ2) is 9.71. The van der Waals surface area contributed by atoms with Gasteiger partial charge in [-0.1, -0.05) is 39.5 Å². The van der Waals surface area contributed by atoms with E-state index in [0.717, 1.165) is 5.92 Å². The summed E-state index contributed by atoms with van der Waals surface area (Å²) >= 11 is 0. The van der Waals surface area contributed by atoms with Crippen LogP contribution in [0, 0.1) is 12.3 Å². The predicted molar refractivity (Wildman–Crippen MR) is 43.2 cm³/mol. The summed E-state index contributed by atoms with van der Waals surface area (Å²) in [5.74, 6) is 0.894. The number of hydrogen-bond donors (Lipinski definition) is 0. The van der Waals surface area contributed by atoms with Crippen LogP contribution in [0.3, 0.4) is 0 Å². The molecule has 1 unspecified atom stereocenters. The average Bonchev–Trinajstić information content (AvgIpc) is 1.94. The Labute approximate surface area is 90.4 Å². The monoisotopic (exact) mass is 214 g/mol. The standard InChI is InChI=1S/C7H11.C2H6.Y/c1-7-5-3-2-4-6-7;1-2;/h2-4,7H,5-6H2,1H3;1-2H3;/q-1;;. The number of allylic oxidation sites excluding steroid dienone is 2. The van der Waals surface area contributed by atoms with E-state index in [1.54, 1.807) is 0 Å². The third-order valence-electron chi connectivity index (χ3n) is 1.35. The minimum Gasteiger partial charge on any atom is -0.232 e. The van der Waals surface area contributed by atoms with Gasteiger partial charge in [-0.2, -0.15) is 0 Å². The maximum absolute atomic E-state index is 2.28. The summed E-state index contributed by atoms with van der Waals surface area (Å²) in [4.78, 5) is 0. The van der Waals surface area contributed by atoms with Crippen LogP contribution >= 0.6 is 0 Å². The molecular weight excluding hydrogens is 197 g/mol. The van der Waals surface area contributed by atoms with Crippen LogP contribution in [0.5, 0.6) is 0 Å². The fourth-order valence-electron chi connectivity index (χ4n) is 0.814. The van der Waals surface area contributed by atoms with Crippen LogP contribution in [0.25, 0.3) is 0 Å². The minimum atomic E-state index is 0. The zero-order valence-corrected chi connectivity index (χ0v) is 10.1. The summed E-state index contributed by atoms with van der Waals surface area (Å²) < 4.78 is 0. The van der Waals surface area contributed by atoms with Gasteiger partial charge in [-0.05, 0) is 0 Å². The van der Waals surface area contributed by atoms with Crippen LogP contribution in [-0.4, -0.2) is 0 Å². The summed E-state index contributed by atoms with van der Waals surface area (Å²) in [6, 6.07) is 0. The second-order valence-electron chi connectivity index (χ2n) is 2.24. The maximum Gasteiger partial charge on any atom is 0 e. The van der Waals surface area contributed by atoms with Gasteiger partial charge in [0.1, 0.15) is 0 Å². The smallest absolute Gasteiger partial charge is 0 e. The molecule has 0 aromatic heterocycles. The summed E-state index contributed by atoms with van der Waals surface area (Å²) in [5.41, 5.74) is 0. The van der Waals surface area contributed by atoms with Crippen molar-refractivity contribution in [2.45, 2.75) is 33.6 Å². The first-order valence-electron chi connectivity index (χ1n) is 3.88. The summed E-state index contributed by atoms with van der Waals surface area (Å²) in [7, 11) is 0. The van der Waals surface area contributed by atoms with Gasteiger partial charge in [0.25, 0.3) is 0 Å². The Morgan fingerprint density at radius 3 is 2.20 bits per heavy atom. The zero-order valence-electron chi connectivity index (χ0n) is 7.30. The largest absolute Gasteiger partial charge is 0.232 e. The molecule has 57 valence electrons. The van der Waals surface area contributed by atoms with E-state index in [1.165, 1.54) is 12.8 Å². The Balaban J connectivity index is 0. The van der Waals surface area contributed by atoms with E-state index in [-0.39, 0.29) is 32.7 Å². The fraction of sp³-hybridized carbons (Fsp3) is 0.667. The predicted octanol–water partition coefficient (Wildman–Crippen LogP) is 3.20. The van der Waals surface area contributed by atoms with Crippen LogP contribution in [0.15, 0.2) is 12.2 Å². The van der Waals surface area contributed by atoms with Crippen molar-refractivity contribution in [3.05, 3.63) is 18.6 Å². The van der Waals surface area contributed by atoms with Gasteiger partial charge < -0.3 is 0 Å². The quantitative estimate of drug-likeness (QED) is 0.543. The van der Waals surface area contributed by atoms with E-state index >= 15 is 0 Å². The van der Waals surface area contributed by atoms with Crippen LogP contribution < -0.4 is 0 Å². The minimum absolute atomic E-state index is 0. The molecule has 1 rings (SSSR count). The fourth-order valence-corrected chi connectivity index (χ4v) is 0.814. The van der Waals surface area contributed by atoms with E-state index in [2.05, 4.69) is 25.5 Å². The van der Waals surface area contributed by atoms with Crippen molar-refractivity contribution in [3.63, 3.8) is 0 Å². The topological polar surface area (TPSA) is 0 Å². The molecule has 0 aliphatic heterocycles. The first-order valence-corrected chi connectivity index (χ1v) is 3.88. The average molecular weight is 214 g/mol. The van der Waals surface area contributed by atoms with Crippen LogP contribution in [0.4, 0.5) is 0 Å². The summed E-state index contributed by atoms with van der Waals surface area (Å²) in [5, 5.41) is 0. The molecule has 0 aromatic carbocycles. The maximum atomic E-state index is 2.28. The first kappa shape index (κ1) is 13.3. The Bertz CT molecular complexity index is 76.8. The van der Waals surface area contributed by atoms with E-state index in [0.29, 0.717) is 0 Å². The molecule has 0 N–H and O–H groups in total. The molecule has 0 spiro atoms. The Kier molecular flexibility index (Phi) is 12.9. The molecule has 1 radical (unpaired) electrons. The molecule has 10 heavy (non-hydrogen) atoms. The molecule has 0 aromatic rings. The van der Waals surface area contributed by atoms with Crippen LogP contribution in [-0.2, 0) is 32.7 Å². The number of hydrogen-bond acceptors (Lipinski definition) is 0. The molecular formula is C9H17Y-. The van der Waals surface area contributed by atoms with Gasteiger partial charge in [0.2, 0.25) is 0 Å². The normalized spacial score (nSPS) is 21.3. The molecule has 1 aliphatic rings. The van der Waals surface area contributed by atoms with E-state index in [1.807, 2.05) is 13.8 Å². The van der Waals surface area contributed by atoms with Crippen molar-refractivity contribution >= 4 is 0 Å². The van der Waals surface area contributed by atoms with Crippen LogP contribution in [0.2, 0.25) is 0 Å². The van der Waals surface area contributed by atoms with Crippen molar-refractivity contribution in [1.82, 2.24) is 0 Å². The van der Waals surface area contributed by atoms with E-state index in [9.17, 15) is 0 Å². The second-order valence-corrected chi connectivity index (χ2v) is 2.24. The zero-order chi connectivity index (χ0) is 7.11. The van der Waals surface area contributed by atoms with Gasteiger partial charge in [-0.15, -0.1) is 0 Å². The third kappa shape index (κ3) is 6.83. The first-order chi connectivity index (χ1) is 4.39. The Morgan fingerprint density at radius 2 is 2.00 bits per heavy atom. The summed E-state index contributed by atoms with van der Waals surface area (Å²) in [6.07, 6.45) is 9.16. The van der Waals surface area contributed by atoms with E-state index < -0.39 is 0 Å². The molecule has 0 nitrogen and oxygen atoms in total. The number of rotatable bonds is 0. The molecule has 1 aliphatic carbocycles. The van der Waals surface area contributed by atoms with Crippen molar-refractivity contribution in [2.24, 2.45) is 5.92 Å². The molecule has 1 atom stereocenters. The van der Waals surface area contributed by atoms with Gasteiger partial charge in [0.05, 0.1) is 0 Å². The van der Waals surface area contributed by atoms with Crippen LogP contribution in [0.1, 0.15) is 33.6 Å². The van der Waals surface area contributed by atoms with Crippen molar-refractivity contribution in [3.8, 4) is 0 Å². The SMILES string of the molecule is CC.CC1CC=C[CH-]C1.[Y]. The van der Waals surface area contributed by atoms with Crippen molar-refractivity contribution in [2.75, 3.05) is 0 Å². The molecule has 1 heteroatoms. The summed E-state index contributed by atoms with van der Waals surface area (Å²) in [6.45, 7) is 6.28. The van der Waals surface area contributed by atoms with Gasteiger partial charge in [0, 0.05) is 32.7 Å². The Hall–Kier alpha value is 0.714.